The minimum atomic E-state index is 0.279. The molecule has 0 fully saturated rings. The number of hydrogen-bond acceptors (Lipinski definition) is 4. The van der Waals surface area contributed by atoms with Crippen LogP contribution >= 0.6 is 0 Å². The fourth-order valence-corrected chi connectivity index (χ4v) is 0.934. The predicted octanol–water partition coefficient (Wildman–Crippen LogP) is 0.972. The molecule has 5 nitrogen and oxygen atoms in total. The Balaban J connectivity index is 0.000000396. The number of rotatable bonds is 0. The minimum Gasteiger partial charge on any atom is -0.368 e. The average Bonchev–Trinajstić information content (AvgIpc) is 2.52. The number of nitrogens with zero attached hydrogens (tertiary/aromatic N) is 4. The molecule has 0 aliphatic rings. The molecule has 5 heteroatoms. The van der Waals surface area contributed by atoms with Gasteiger partial charge in [-0.25, -0.2) is 9.97 Å². The quantitative estimate of drug-likeness (QED) is 0.654. The number of hydrogen-bond donors (Lipinski definition) is 1. The Morgan fingerprint density at radius 2 is 2.00 bits per heavy atom. The molecule has 0 amide bonds. The number of aryl methyl sites for hydroxylation is 1. The molecular weight excluding hydrogens is 166 g/mol. The van der Waals surface area contributed by atoms with Gasteiger partial charge in [0.15, 0.2) is 5.65 Å². The number of nitrogens with two attached hydrogens (primary N) is 1. The summed E-state index contributed by atoms with van der Waals surface area (Å²) >= 11 is 0. The van der Waals surface area contributed by atoms with Gasteiger partial charge in [-0.1, -0.05) is 13.8 Å². The van der Waals surface area contributed by atoms with E-state index in [0.717, 1.165) is 11.2 Å². The average molecular weight is 179 g/mol. The summed E-state index contributed by atoms with van der Waals surface area (Å²) in [4.78, 5) is 11.9. The standard InChI is InChI=1S/C6H7N5.C2H6/c1-11-3-9-4-2-8-6(7)10-5(4)11;1-2/h2-3H,1H3,(H2,7,8,10);1-2H3. The minimum absolute atomic E-state index is 0.279. The van der Waals surface area contributed by atoms with E-state index in [1.165, 1.54) is 0 Å². The van der Waals surface area contributed by atoms with Gasteiger partial charge in [0, 0.05) is 7.05 Å². The maximum atomic E-state index is 5.39. The van der Waals surface area contributed by atoms with Gasteiger partial charge in [-0.3, -0.25) is 0 Å². The lowest BCUT2D eigenvalue weighted by Gasteiger charge is -1.92. The molecular formula is C8H13N5. The Morgan fingerprint density at radius 1 is 1.31 bits per heavy atom. The molecule has 0 spiro atoms. The maximum absolute atomic E-state index is 5.39. The van der Waals surface area contributed by atoms with Crippen LogP contribution in [0.1, 0.15) is 13.8 Å². The molecule has 0 aliphatic heterocycles. The number of imidazole rings is 1. The smallest absolute Gasteiger partial charge is 0.222 e. The largest absolute Gasteiger partial charge is 0.368 e. The van der Waals surface area contributed by atoms with Crippen molar-refractivity contribution in [3.8, 4) is 0 Å². The van der Waals surface area contributed by atoms with E-state index in [2.05, 4.69) is 15.0 Å². The summed E-state index contributed by atoms with van der Waals surface area (Å²) in [6, 6.07) is 0. The first-order valence-corrected chi connectivity index (χ1v) is 4.17. The van der Waals surface area contributed by atoms with E-state index in [9.17, 15) is 0 Å². The molecule has 0 atom stereocenters. The fourth-order valence-electron chi connectivity index (χ4n) is 0.934. The molecule has 2 aromatic heterocycles. The van der Waals surface area contributed by atoms with Crippen molar-refractivity contribution in [3.05, 3.63) is 12.5 Å². The van der Waals surface area contributed by atoms with Crippen LogP contribution in [0.25, 0.3) is 11.2 Å². The second-order valence-electron chi connectivity index (χ2n) is 2.29. The van der Waals surface area contributed by atoms with E-state index < -0.39 is 0 Å². The van der Waals surface area contributed by atoms with Gasteiger partial charge >= 0.3 is 0 Å². The summed E-state index contributed by atoms with van der Waals surface area (Å²) < 4.78 is 1.80. The van der Waals surface area contributed by atoms with Crippen LogP contribution in [0.5, 0.6) is 0 Å². The zero-order chi connectivity index (χ0) is 9.84. The Morgan fingerprint density at radius 3 is 2.69 bits per heavy atom. The summed E-state index contributed by atoms with van der Waals surface area (Å²) in [5.41, 5.74) is 6.92. The third kappa shape index (κ3) is 1.74. The lowest BCUT2D eigenvalue weighted by atomic mass is 10.5. The zero-order valence-electron chi connectivity index (χ0n) is 8.02. The normalized spacial score (nSPS) is 9.46. The van der Waals surface area contributed by atoms with Gasteiger partial charge in [0.1, 0.15) is 5.52 Å². The van der Waals surface area contributed by atoms with Crippen LogP contribution in [0.2, 0.25) is 0 Å². The zero-order valence-corrected chi connectivity index (χ0v) is 8.02. The Kier molecular flexibility index (Phi) is 2.79. The molecule has 70 valence electrons. The predicted molar refractivity (Wildman–Crippen MR) is 52.1 cm³/mol. The van der Waals surface area contributed by atoms with Gasteiger partial charge in [0.2, 0.25) is 5.95 Å². The van der Waals surface area contributed by atoms with Gasteiger partial charge in [0.05, 0.1) is 12.5 Å². The first kappa shape index (κ1) is 9.44. The highest BCUT2D eigenvalue weighted by Gasteiger charge is 2.00. The number of anilines is 1. The van der Waals surface area contributed by atoms with E-state index in [0.29, 0.717) is 0 Å². The van der Waals surface area contributed by atoms with E-state index in [-0.39, 0.29) is 5.95 Å². The van der Waals surface area contributed by atoms with E-state index in [1.807, 2.05) is 20.9 Å². The van der Waals surface area contributed by atoms with Gasteiger partial charge in [-0.2, -0.15) is 4.98 Å². The van der Waals surface area contributed by atoms with Crippen molar-refractivity contribution in [1.29, 1.82) is 0 Å². The van der Waals surface area contributed by atoms with E-state index in [1.54, 1.807) is 17.1 Å². The molecule has 0 aromatic carbocycles. The van der Waals surface area contributed by atoms with Crippen LogP contribution in [-0.2, 0) is 7.05 Å². The second kappa shape index (κ2) is 3.84. The molecule has 0 bridgehead atoms. The van der Waals surface area contributed by atoms with Crippen molar-refractivity contribution in [2.24, 2.45) is 7.05 Å². The van der Waals surface area contributed by atoms with Gasteiger partial charge in [-0.05, 0) is 0 Å². The van der Waals surface area contributed by atoms with E-state index >= 15 is 0 Å². The molecule has 2 N–H and O–H groups in total. The maximum Gasteiger partial charge on any atom is 0.222 e. The highest BCUT2D eigenvalue weighted by atomic mass is 15.1. The lowest BCUT2D eigenvalue weighted by molar-refractivity contribution is 0.929. The third-order valence-electron chi connectivity index (χ3n) is 1.47. The molecule has 0 saturated heterocycles. The summed E-state index contributed by atoms with van der Waals surface area (Å²) in [6.07, 6.45) is 3.29. The Hall–Kier alpha value is -1.65. The lowest BCUT2D eigenvalue weighted by Crippen LogP contribution is -1.96. The van der Waals surface area contributed by atoms with Crippen molar-refractivity contribution in [3.63, 3.8) is 0 Å². The van der Waals surface area contributed by atoms with Crippen LogP contribution in [0.3, 0.4) is 0 Å². The van der Waals surface area contributed by atoms with Crippen LogP contribution in [0, 0.1) is 0 Å². The van der Waals surface area contributed by atoms with Crippen molar-refractivity contribution in [2.45, 2.75) is 13.8 Å². The summed E-state index contributed by atoms with van der Waals surface area (Å²) in [7, 11) is 1.86. The summed E-state index contributed by atoms with van der Waals surface area (Å²) in [5, 5.41) is 0. The topological polar surface area (TPSA) is 69.6 Å². The van der Waals surface area contributed by atoms with Crippen molar-refractivity contribution >= 4 is 17.1 Å². The first-order valence-electron chi connectivity index (χ1n) is 4.17. The van der Waals surface area contributed by atoms with Gasteiger partial charge in [-0.15, -0.1) is 0 Å². The van der Waals surface area contributed by atoms with Crippen molar-refractivity contribution in [2.75, 3.05) is 5.73 Å². The fraction of sp³-hybridized carbons (Fsp3) is 0.375. The van der Waals surface area contributed by atoms with Crippen molar-refractivity contribution < 1.29 is 0 Å². The molecule has 0 radical (unpaired) electrons. The SMILES string of the molecule is CC.Cn1cnc2cnc(N)nc21. The van der Waals surface area contributed by atoms with Crippen molar-refractivity contribution in [1.82, 2.24) is 19.5 Å². The van der Waals surface area contributed by atoms with Crippen LogP contribution in [0.15, 0.2) is 12.5 Å². The molecule has 2 rings (SSSR count). The second-order valence-corrected chi connectivity index (χ2v) is 2.29. The molecule has 2 heterocycles. The van der Waals surface area contributed by atoms with Gasteiger partial charge in [0.25, 0.3) is 0 Å². The number of aromatic nitrogens is 4. The first-order chi connectivity index (χ1) is 6.27. The highest BCUT2D eigenvalue weighted by molar-refractivity contribution is 5.70. The summed E-state index contributed by atoms with van der Waals surface area (Å²) in [5.74, 6) is 0.279. The van der Waals surface area contributed by atoms with Gasteiger partial charge < -0.3 is 10.3 Å². The Bertz CT molecular complexity index is 392. The molecule has 0 saturated carbocycles. The monoisotopic (exact) mass is 179 g/mol. The number of fused-ring (bicyclic) bond motifs is 1. The number of nitrogen functional groups attached to an aromatic ring is 1. The Labute approximate surface area is 76.6 Å². The molecule has 2 aromatic rings. The molecule has 0 unspecified atom stereocenters. The molecule has 13 heavy (non-hydrogen) atoms. The van der Waals surface area contributed by atoms with Crippen LogP contribution < -0.4 is 5.73 Å². The van der Waals surface area contributed by atoms with Crippen LogP contribution in [-0.4, -0.2) is 19.5 Å². The third-order valence-corrected chi connectivity index (χ3v) is 1.47. The van der Waals surface area contributed by atoms with E-state index in [4.69, 9.17) is 5.73 Å². The molecule has 0 aliphatic carbocycles. The van der Waals surface area contributed by atoms with Crippen LogP contribution in [0.4, 0.5) is 5.95 Å². The summed E-state index contributed by atoms with van der Waals surface area (Å²) in [6.45, 7) is 4.00. The highest BCUT2D eigenvalue weighted by Crippen LogP contribution is 2.06.